The van der Waals surface area contributed by atoms with Crippen molar-refractivity contribution in [3.05, 3.63) is 65.9 Å². The Balaban J connectivity index is 1.81. The number of nitrogens with one attached hydrogen (secondary N) is 2. The van der Waals surface area contributed by atoms with E-state index in [-0.39, 0.29) is 17.6 Å². The van der Waals surface area contributed by atoms with E-state index in [0.717, 1.165) is 33.4 Å². The predicted molar refractivity (Wildman–Crippen MR) is 112 cm³/mol. The number of aromatic hydroxyl groups is 1. The normalized spacial score (nSPS) is 11.4. The Labute approximate surface area is 163 Å². The smallest absolute Gasteiger partial charge is 0.225 e. The van der Waals surface area contributed by atoms with Crippen molar-refractivity contribution in [1.82, 2.24) is 9.97 Å². The van der Waals surface area contributed by atoms with Crippen LogP contribution in [0.15, 0.2) is 54.6 Å². The number of fused-ring (bicyclic) bond motifs is 3. The molecule has 0 radical (unpaired) electrons. The van der Waals surface area contributed by atoms with Gasteiger partial charge in [-0.05, 0) is 41.1 Å². The Bertz CT molecular complexity index is 1100. The first-order valence-electron chi connectivity index (χ1n) is 9.47. The average Bonchev–Trinajstić information content (AvgIpc) is 2.98. The van der Waals surface area contributed by atoms with Crippen LogP contribution in [-0.2, 0) is 11.2 Å². The molecular weight excluding hydrogens is 350 g/mol. The molecule has 1 aliphatic heterocycles. The molecule has 142 valence electrons. The van der Waals surface area contributed by atoms with Gasteiger partial charge in [-0.25, -0.2) is 4.98 Å². The molecule has 0 saturated heterocycles. The van der Waals surface area contributed by atoms with Crippen LogP contribution in [-0.4, -0.2) is 21.0 Å². The van der Waals surface area contributed by atoms with Crippen molar-refractivity contribution in [3.8, 4) is 17.1 Å². The minimum absolute atomic E-state index is 0.0432. The van der Waals surface area contributed by atoms with Crippen LogP contribution >= 0.6 is 0 Å². The Kier molecular flexibility index (Phi) is 4.74. The van der Waals surface area contributed by atoms with Gasteiger partial charge < -0.3 is 15.4 Å². The summed E-state index contributed by atoms with van der Waals surface area (Å²) in [5, 5.41) is 14.7. The van der Waals surface area contributed by atoms with Gasteiger partial charge >= 0.3 is 0 Å². The van der Waals surface area contributed by atoms with Crippen LogP contribution in [0, 0.1) is 5.92 Å². The zero-order valence-electron chi connectivity index (χ0n) is 16.0. The molecular formula is C23H23N3O2. The lowest BCUT2D eigenvalue weighted by Gasteiger charge is -2.14. The number of carbonyl (C=O) groups is 1. The molecule has 1 aliphatic carbocycles. The van der Waals surface area contributed by atoms with E-state index in [9.17, 15) is 9.90 Å². The number of amides is 1. The summed E-state index contributed by atoms with van der Waals surface area (Å²) in [4.78, 5) is 20.6. The Morgan fingerprint density at radius 1 is 1.14 bits per heavy atom. The number of H-pyrrole nitrogens is 1. The fraction of sp³-hybridized carbons (Fsp3) is 0.217. The summed E-state index contributed by atoms with van der Waals surface area (Å²) < 4.78 is 0. The van der Waals surface area contributed by atoms with Gasteiger partial charge in [-0.2, -0.15) is 0 Å². The van der Waals surface area contributed by atoms with Gasteiger partial charge in [-0.15, -0.1) is 0 Å². The topological polar surface area (TPSA) is 78.0 Å². The van der Waals surface area contributed by atoms with Crippen molar-refractivity contribution in [2.45, 2.75) is 26.7 Å². The third-order valence-corrected chi connectivity index (χ3v) is 4.72. The number of nitrogens with zero attached hydrogens (tertiary/aromatic N) is 1. The second-order valence-electron chi connectivity index (χ2n) is 7.55. The number of rotatable bonds is 5. The zero-order valence-corrected chi connectivity index (χ0v) is 16.0. The first kappa shape index (κ1) is 18.0. The van der Waals surface area contributed by atoms with Crippen LogP contribution in [0.25, 0.3) is 22.2 Å². The molecule has 1 heterocycles. The van der Waals surface area contributed by atoms with E-state index in [0.29, 0.717) is 18.7 Å². The van der Waals surface area contributed by atoms with Gasteiger partial charge in [0, 0.05) is 18.2 Å². The Morgan fingerprint density at radius 3 is 2.68 bits per heavy atom. The number of carbonyl (C=O) groups excluding carboxylic acids is 1. The van der Waals surface area contributed by atoms with Crippen LogP contribution in [0.3, 0.4) is 0 Å². The van der Waals surface area contributed by atoms with E-state index in [1.54, 1.807) is 12.1 Å². The predicted octanol–water partition coefficient (Wildman–Crippen LogP) is 4.95. The van der Waals surface area contributed by atoms with Crippen LogP contribution in [0.4, 0.5) is 5.82 Å². The molecule has 0 bridgehead atoms. The summed E-state index contributed by atoms with van der Waals surface area (Å²) >= 11 is 0. The largest absolute Gasteiger partial charge is 0.508 e. The molecule has 2 aliphatic rings. The van der Waals surface area contributed by atoms with Gasteiger partial charge in [0.05, 0.1) is 17.1 Å². The maximum absolute atomic E-state index is 12.4. The van der Waals surface area contributed by atoms with Crippen molar-refractivity contribution in [3.63, 3.8) is 0 Å². The molecule has 2 aromatic rings. The highest BCUT2D eigenvalue weighted by atomic mass is 16.3. The van der Waals surface area contributed by atoms with Gasteiger partial charge in [0.15, 0.2) is 5.82 Å². The van der Waals surface area contributed by atoms with E-state index in [1.807, 2.05) is 44.2 Å². The lowest BCUT2D eigenvalue weighted by molar-refractivity contribution is -0.116. The van der Waals surface area contributed by atoms with E-state index in [4.69, 9.17) is 4.98 Å². The number of aromatic amines is 1. The zero-order chi connectivity index (χ0) is 19.7. The third kappa shape index (κ3) is 3.69. The SMILES string of the molecule is CC(C)CC(=O)Nc1nc2cc3cc(O)ccc3c-2[nH]c1Cc1ccccc1. The minimum atomic E-state index is -0.0432. The number of phenols is 1. The lowest BCUT2D eigenvalue weighted by Crippen LogP contribution is -2.17. The standard InChI is InChI=1S/C23H23N3O2/c1-14(2)10-21(28)26-23-20(11-15-6-4-3-5-7-15)24-22-18-9-8-17(27)12-16(18)13-19(22)25-23/h3-9,12-14,24,27H,10-11H2,1-2H3,(H,26,28). The number of hydrogen-bond donors (Lipinski definition) is 3. The number of benzene rings is 2. The van der Waals surface area contributed by atoms with Gasteiger partial charge in [-0.1, -0.05) is 44.2 Å². The van der Waals surface area contributed by atoms with Crippen molar-refractivity contribution in [1.29, 1.82) is 0 Å². The fourth-order valence-electron chi connectivity index (χ4n) is 3.46. The van der Waals surface area contributed by atoms with Gasteiger partial charge in [0.25, 0.3) is 0 Å². The quantitative estimate of drug-likeness (QED) is 0.463. The molecule has 0 spiro atoms. The highest BCUT2D eigenvalue weighted by molar-refractivity contribution is 6.01. The van der Waals surface area contributed by atoms with Crippen LogP contribution < -0.4 is 5.32 Å². The molecule has 1 amide bonds. The van der Waals surface area contributed by atoms with Crippen LogP contribution in [0.5, 0.6) is 5.75 Å². The van der Waals surface area contributed by atoms with Gasteiger partial charge in [0.2, 0.25) is 5.91 Å². The summed E-state index contributed by atoms with van der Waals surface area (Å²) in [7, 11) is 0. The Hall–Kier alpha value is -3.34. The molecule has 0 atom stereocenters. The molecule has 3 N–H and O–H groups in total. The third-order valence-electron chi connectivity index (χ3n) is 4.72. The summed E-state index contributed by atoms with van der Waals surface area (Å²) in [6.45, 7) is 4.03. The van der Waals surface area contributed by atoms with Gasteiger partial charge in [-0.3, -0.25) is 4.79 Å². The van der Waals surface area contributed by atoms with Gasteiger partial charge in [0.1, 0.15) is 5.75 Å². The van der Waals surface area contributed by atoms with E-state index < -0.39 is 0 Å². The number of anilines is 1. The monoisotopic (exact) mass is 373 g/mol. The Morgan fingerprint density at radius 2 is 1.93 bits per heavy atom. The molecule has 5 nitrogen and oxygen atoms in total. The second-order valence-corrected chi connectivity index (χ2v) is 7.55. The van der Waals surface area contributed by atoms with E-state index in [1.165, 1.54) is 0 Å². The molecule has 2 aromatic carbocycles. The highest BCUT2D eigenvalue weighted by Gasteiger charge is 2.18. The highest BCUT2D eigenvalue weighted by Crippen LogP contribution is 2.35. The molecule has 4 rings (SSSR count). The fourth-order valence-corrected chi connectivity index (χ4v) is 3.46. The van der Waals surface area contributed by atoms with Crippen molar-refractivity contribution in [2.24, 2.45) is 5.92 Å². The molecule has 0 unspecified atom stereocenters. The molecule has 0 saturated carbocycles. The maximum atomic E-state index is 12.4. The summed E-state index contributed by atoms with van der Waals surface area (Å²) in [6, 6.07) is 17.3. The molecule has 28 heavy (non-hydrogen) atoms. The summed E-state index contributed by atoms with van der Waals surface area (Å²) in [6.07, 6.45) is 1.08. The molecule has 0 fully saturated rings. The molecule has 0 aromatic heterocycles. The summed E-state index contributed by atoms with van der Waals surface area (Å²) in [5.41, 5.74) is 3.66. The average molecular weight is 373 g/mol. The van der Waals surface area contributed by atoms with Crippen molar-refractivity contribution >= 4 is 22.5 Å². The maximum Gasteiger partial charge on any atom is 0.225 e. The van der Waals surface area contributed by atoms with Crippen LogP contribution in [0.2, 0.25) is 0 Å². The van der Waals surface area contributed by atoms with E-state index in [2.05, 4.69) is 22.4 Å². The lowest BCUT2D eigenvalue weighted by atomic mass is 10.1. The van der Waals surface area contributed by atoms with Crippen molar-refractivity contribution < 1.29 is 9.90 Å². The van der Waals surface area contributed by atoms with Crippen molar-refractivity contribution in [2.75, 3.05) is 5.32 Å². The second kappa shape index (κ2) is 7.35. The summed E-state index contributed by atoms with van der Waals surface area (Å²) in [5.74, 6) is 1.01. The van der Waals surface area contributed by atoms with E-state index >= 15 is 0 Å². The van der Waals surface area contributed by atoms with Crippen LogP contribution in [0.1, 0.15) is 31.5 Å². The number of aromatic nitrogens is 2. The first-order chi connectivity index (χ1) is 13.5. The number of phenolic OH excluding ortho intramolecular Hbond substituents is 1. The minimum Gasteiger partial charge on any atom is -0.508 e. The number of hydrogen-bond acceptors (Lipinski definition) is 3. The first-order valence-corrected chi connectivity index (χ1v) is 9.47. The molecule has 5 heteroatoms.